The van der Waals surface area contributed by atoms with Crippen molar-refractivity contribution in [3.63, 3.8) is 0 Å². The molecule has 1 aromatic heterocycles. The zero-order valence-electron chi connectivity index (χ0n) is 10.7. The fourth-order valence-electron chi connectivity index (χ4n) is 1.91. The summed E-state index contributed by atoms with van der Waals surface area (Å²) >= 11 is 1.50. The third-order valence-electron chi connectivity index (χ3n) is 2.88. The largest absolute Gasteiger partial charge is 0.375 e. The van der Waals surface area contributed by atoms with Crippen LogP contribution in [0, 0.1) is 12.7 Å². The van der Waals surface area contributed by atoms with Crippen LogP contribution >= 0.6 is 11.3 Å². The van der Waals surface area contributed by atoms with Gasteiger partial charge in [-0.15, -0.1) is 11.3 Å². The number of thiazole rings is 1. The van der Waals surface area contributed by atoms with E-state index in [0.29, 0.717) is 17.1 Å². The minimum atomic E-state index is -0.151. The number of rotatable bonds is 4. The van der Waals surface area contributed by atoms with Gasteiger partial charge in [0.05, 0.1) is 5.69 Å². The maximum absolute atomic E-state index is 13.5. The van der Waals surface area contributed by atoms with Gasteiger partial charge in [-0.2, -0.15) is 0 Å². The van der Waals surface area contributed by atoms with Crippen molar-refractivity contribution in [3.05, 3.63) is 45.7 Å². The van der Waals surface area contributed by atoms with E-state index in [-0.39, 0.29) is 5.82 Å². The molecular formula is C14H17FN2S. The Morgan fingerprint density at radius 2 is 2.17 bits per heavy atom. The van der Waals surface area contributed by atoms with Gasteiger partial charge in [0.15, 0.2) is 5.13 Å². The molecule has 1 aromatic carbocycles. The molecule has 0 aliphatic heterocycles. The highest BCUT2D eigenvalue weighted by Crippen LogP contribution is 2.25. The van der Waals surface area contributed by atoms with Gasteiger partial charge in [0.1, 0.15) is 5.82 Å². The van der Waals surface area contributed by atoms with Crippen molar-refractivity contribution in [1.29, 1.82) is 0 Å². The zero-order chi connectivity index (χ0) is 13.1. The molecule has 0 saturated heterocycles. The molecule has 1 heterocycles. The Balaban J connectivity index is 2.24. The summed E-state index contributed by atoms with van der Waals surface area (Å²) in [5.41, 5.74) is 8.46. The van der Waals surface area contributed by atoms with Crippen LogP contribution in [0.3, 0.4) is 0 Å². The van der Waals surface area contributed by atoms with Gasteiger partial charge in [-0.25, -0.2) is 9.37 Å². The smallest absolute Gasteiger partial charge is 0.180 e. The first-order valence-corrected chi connectivity index (χ1v) is 6.91. The summed E-state index contributed by atoms with van der Waals surface area (Å²) < 4.78 is 13.5. The first-order valence-electron chi connectivity index (χ1n) is 6.09. The summed E-state index contributed by atoms with van der Waals surface area (Å²) in [5, 5.41) is 0.598. The summed E-state index contributed by atoms with van der Waals surface area (Å²) in [5.74, 6) is -0.151. The number of nitrogens with two attached hydrogens (primary N) is 1. The van der Waals surface area contributed by atoms with Gasteiger partial charge in [0, 0.05) is 11.3 Å². The molecule has 0 unspecified atom stereocenters. The molecule has 0 atom stereocenters. The second-order valence-corrected chi connectivity index (χ2v) is 5.55. The number of aryl methyl sites for hydroxylation is 2. The molecule has 0 amide bonds. The first kappa shape index (κ1) is 13.0. The zero-order valence-corrected chi connectivity index (χ0v) is 11.5. The number of nitrogens with zero attached hydrogens (tertiary/aromatic N) is 1. The maximum Gasteiger partial charge on any atom is 0.180 e. The van der Waals surface area contributed by atoms with Crippen molar-refractivity contribution in [3.8, 4) is 0 Å². The second-order valence-electron chi connectivity index (χ2n) is 4.43. The fraction of sp³-hybridized carbons (Fsp3) is 0.357. The van der Waals surface area contributed by atoms with Gasteiger partial charge in [-0.05, 0) is 30.5 Å². The van der Waals surface area contributed by atoms with E-state index in [1.807, 2.05) is 12.1 Å². The van der Waals surface area contributed by atoms with Crippen molar-refractivity contribution >= 4 is 16.5 Å². The number of halogens is 1. The van der Waals surface area contributed by atoms with Crippen LogP contribution in [0.25, 0.3) is 0 Å². The number of hydrogen-bond acceptors (Lipinski definition) is 3. The summed E-state index contributed by atoms with van der Waals surface area (Å²) in [4.78, 5) is 5.49. The highest BCUT2D eigenvalue weighted by molar-refractivity contribution is 7.15. The average Bonchev–Trinajstić information content (AvgIpc) is 2.65. The van der Waals surface area contributed by atoms with Crippen molar-refractivity contribution in [2.24, 2.45) is 0 Å². The minimum absolute atomic E-state index is 0.151. The number of hydrogen-bond donors (Lipinski definition) is 1. The first-order chi connectivity index (χ1) is 8.60. The van der Waals surface area contributed by atoms with Crippen LogP contribution in [0.15, 0.2) is 18.2 Å². The molecule has 2 nitrogen and oxygen atoms in total. The van der Waals surface area contributed by atoms with Crippen LogP contribution in [0.5, 0.6) is 0 Å². The molecule has 0 fully saturated rings. The van der Waals surface area contributed by atoms with E-state index >= 15 is 0 Å². The molecule has 0 spiro atoms. The predicted molar refractivity (Wildman–Crippen MR) is 74.5 cm³/mol. The van der Waals surface area contributed by atoms with Gasteiger partial charge >= 0.3 is 0 Å². The molecule has 2 N–H and O–H groups in total. The lowest BCUT2D eigenvalue weighted by molar-refractivity contribution is 0.616. The molecule has 0 radical (unpaired) electrons. The lowest BCUT2D eigenvalue weighted by atomic mass is 10.1. The minimum Gasteiger partial charge on any atom is -0.375 e. The fourth-order valence-corrected chi connectivity index (χ4v) is 2.82. The van der Waals surface area contributed by atoms with E-state index in [1.54, 1.807) is 13.0 Å². The third kappa shape index (κ3) is 2.88. The van der Waals surface area contributed by atoms with E-state index in [1.165, 1.54) is 11.3 Å². The Morgan fingerprint density at radius 1 is 1.39 bits per heavy atom. The molecular weight excluding hydrogens is 247 g/mol. The number of nitrogen functional groups attached to an aromatic ring is 1. The summed E-state index contributed by atoms with van der Waals surface area (Å²) in [6.07, 6.45) is 2.68. The Labute approximate surface area is 111 Å². The van der Waals surface area contributed by atoms with Crippen LogP contribution in [0.4, 0.5) is 9.52 Å². The molecule has 4 heteroatoms. The Kier molecular flexibility index (Phi) is 3.97. The van der Waals surface area contributed by atoms with Gasteiger partial charge in [-0.3, -0.25) is 0 Å². The van der Waals surface area contributed by atoms with Crippen LogP contribution in [0.1, 0.15) is 35.0 Å². The maximum atomic E-state index is 13.5. The highest BCUT2D eigenvalue weighted by Gasteiger charge is 2.10. The number of anilines is 1. The molecule has 2 rings (SSSR count). The number of benzene rings is 1. The van der Waals surface area contributed by atoms with Crippen LogP contribution < -0.4 is 5.73 Å². The SMILES string of the molecule is CCCc1nc(N)sc1Cc1ccc(C)c(F)c1. The molecule has 0 aliphatic rings. The quantitative estimate of drug-likeness (QED) is 0.914. The van der Waals surface area contributed by atoms with Crippen molar-refractivity contribution < 1.29 is 4.39 Å². The van der Waals surface area contributed by atoms with E-state index in [4.69, 9.17) is 5.73 Å². The Hall–Kier alpha value is -1.42. The molecule has 96 valence electrons. The van der Waals surface area contributed by atoms with Crippen molar-refractivity contribution in [2.45, 2.75) is 33.1 Å². The number of aromatic nitrogens is 1. The van der Waals surface area contributed by atoms with Gasteiger partial charge in [0.25, 0.3) is 0 Å². The molecule has 2 aromatic rings. The van der Waals surface area contributed by atoms with Gasteiger partial charge in [-0.1, -0.05) is 25.5 Å². The van der Waals surface area contributed by atoms with Crippen LogP contribution in [0.2, 0.25) is 0 Å². The van der Waals surface area contributed by atoms with Crippen molar-refractivity contribution in [1.82, 2.24) is 4.98 Å². The van der Waals surface area contributed by atoms with Crippen molar-refractivity contribution in [2.75, 3.05) is 5.73 Å². The second kappa shape index (κ2) is 5.48. The van der Waals surface area contributed by atoms with E-state index in [2.05, 4.69) is 11.9 Å². The lowest BCUT2D eigenvalue weighted by Crippen LogP contribution is -1.94. The Morgan fingerprint density at radius 3 is 2.83 bits per heavy atom. The summed E-state index contributed by atoms with van der Waals surface area (Å²) in [7, 11) is 0. The van der Waals surface area contributed by atoms with E-state index < -0.39 is 0 Å². The lowest BCUT2D eigenvalue weighted by Gasteiger charge is -2.03. The highest BCUT2D eigenvalue weighted by atomic mass is 32.1. The van der Waals surface area contributed by atoms with Crippen LogP contribution in [-0.2, 0) is 12.8 Å². The summed E-state index contributed by atoms with van der Waals surface area (Å²) in [6, 6.07) is 5.37. The van der Waals surface area contributed by atoms with Crippen LogP contribution in [-0.4, -0.2) is 4.98 Å². The standard InChI is InChI=1S/C14H17FN2S/c1-3-4-12-13(18-14(16)17-12)8-10-6-5-9(2)11(15)7-10/h5-7H,3-4,8H2,1-2H3,(H2,16,17). The van der Waals surface area contributed by atoms with E-state index in [0.717, 1.165) is 29.0 Å². The normalized spacial score (nSPS) is 10.8. The monoisotopic (exact) mass is 264 g/mol. The Bertz CT molecular complexity index is 549. The van der Waals surface area contributed by atoms with Gasteiger partial charge < -0.3 is 5.73 Å². The average molecular weight is 264 g/mol. The van der Waals surface area contributed by atoms with E-state index in [9.17, 15) is 4.39 Å². The predicted octanol–water partition coefficient (Wildman–Crippen LogP) is 3.72. The molecule has 0 saturated carbocycles. The summed E-state index contributed by atoms with van der Waals surface area (Å²) in [6.45, 7) is 3.89. The topological polar surface area (TPSA) is 38.9 Å². The molecule has 0 aliphatic carbocycles. The molecule has 0 bridgehead atoms. The third-order valence-corrected chi connectivity index (χ3v) is 3.81. The molecule has 18 heavy (non-hydrogen) atoms. The van der Waals surface area contributed by atoms with Gasteiger partial charge in [0.2, 0.25) is 0 Å².